The summed E-state index contributed by atoms with van der Waals surface area (Å²) in [5.41, 5.74) is 4.99. The molecule has 13 heavy (non-hydrogen) atoms. The maximum atomic E-state index is 12.1. The summed E-state index contributed by atoms with van der Waals surface area (Å²) in [6.45, 7) is 2.84. The fraction of sp³-hybridized carbons (Fsp3) is 1.00. The Morgan fingerprint density at radius 1 is 1.38 bits per heavy atom. The third kappa shape index (κ3) is 5.10. The van der Waals surface area contributed by atoms with Gasteiger partial charge in [0.05, 0.1) is 18.6 Å². The number of nitrogens with two attached hydrogens (primary N) is 1. The zero-order chi connectivity index (χ0) is 10.5. The highest BCUT2D eigenvalue weighted by molar-refractivity contribution is 4.68. The lowest BCUT2D eigenvalue weighted by molar-refractivity contribution is -0.188. The van der Waals surface area contributed by atoms with Crippen LogP contribution in [0.1, 0.15) is 20.3 Å². The second-order valence-corrected chi connectivity index (χ2v) is 3.03. The zero-order valence-corrected chi connectivity index (χ0v) is 7.90. The topological polar surface area (TPSA) is 35.2 Å². The van der Waals surface area contributed by atoms with Gasteiger partial charge < -0.3 is 10.5 Å². The highest BCUT2D eigenvalue weighted by atomic mass is 19.4. The molecule has 0 spiro atoms. The van der Waals surface area contributed by atoms with E-state index in [2.05, 4.69) is 0 Å². The predicted molar refractivity (Wildman–Crippen MR) is 44.3 cm³/mol. The summed E-state index contributed by atoms with van der Waals surface area (Å²) in [6.07, 6.45) is -3.69. The van der Waals surface area contributed by atoms with Gasteiger partial charge in [0.25, 0.3) is 0 Å². The van der Waals surface area contributed by atoms with Crippen LogP contribution in [0.2, 0.25) is 0 Å². The summed E-state index contributed by atoms with van der Waals surface area (Å²) in [7, 11) is 0. The van der Waals surface area contributed by atoms with Gasteiger partial charge in [-0.05, 0) is 13.3 Å². The minimum absolute atomic E-state index is 0.142. The monoisotopic (exact) mass is 199 g/mol. The lowest BCUT2D eigenvalue weighted by Crippen LogP contribution is -2.35. The molecule has 80 valence electrons. The van der Waals surface area contributed by atoms with Gasteiger partial charge in [-0.15, -0.1) is 0 Å². The van der Waals surface area contributed by atoms with Crippen molar-refractivity contribution in [2.75, 3.05) is 13.2 Å². The van der Waals surface area contributed by atoms with E-state index < -0.39 is 18.6 Å². The van der Waals surface area contributed by atoms with Gasteiger partial charge >= 0.3 is 6.18 Å². The summed E-state index contributed by atoms with van der Waals surface area (Å²) < 4.78 is 41.3. The molecule has 2 atom stereocenters. The molecule has 0 aliphatic carbocycles. The first-order valence-corrected chi connectivity index (χ1v) is 4.30. The van der Waals surface area contributed by atoms with Gasteiger partial charge in [0.2, 0.25) is 0 Å². The minimum Gasteiger partial charge on any atom is -0.378 e. The van der Waals surface area contributed by atoms with Crippen LogP contribution in [-0.4, -0.2) is 25.4 Å². The van der Waals surface area contributed by atoms with Crippen LogP contribution in [0, 0.1) is 5.92 Å². The number of alkyl halides is 3. The van der Waals surface area contributed by atoms with Crippen molar-refractivity contribution in [2.24, 2.45) is 11.7 Å². The van der Waals surface area contributed by atoms with Crippen LogP contribution in [-0.2, 0) is 4.74 Å². The molecule has 0 amide bonds. The summed E-state index contributed by atoms with van der Waals surface area (Å²) in [5.74, 6) is -1.54. The van der Waals surface area contributed by atoms with Crippen molar-refractivity contribution in [2.45, 2.75) is 32.5 Å². The van der Waals surface area contributed by atoms with Gasteiger partial charge in [-0.1, -0.05) is 6.92 Å². The third-order valence-corrected chi connectivity index (χ3v) is 1.90. The lowest BCUT2D eigenvalue weighted by Gasteiger charge is -2.20. The maximum Gasteiger partial charge on any atom is 0.395 e. The van der Waals surface area contributed by atoms with Crippen molar-refractivity contribution in [1.82, 2.24) is 0 Å². The van der Waals surface area contributed by atoms with Crippen LogP contribution in [0.3, 0.4) is 0 Å². The highest BCUT2D eigenvalue weighted by Gasteiger charge is 2.38. The van der Waals surface area contributed by atoms with E-state index in [4.69, 9.17) is 10.5 Å². The Labute approximate surface area is 76.2 Å². The summed E-state index contributed by atoms with van der Waals surface area (Å²) in [5, 5.41) is 0. The molecule has 0 radical (unpaired) electrons. The van der Waals surface area contributed by atoms with Crippen LogP contribution in [0.4, 0.5) is 13.2 Å². The number of rotatable bonds is 5. The van der Waals surface area contributed by atoms with Gasteiger partial charge in [0.1, 0.15) is 0 Å². The number of hydrogen-bond acceptors (Lipinski definition) is 2. The first-order chi connectivity index (χ1) is 5.91. The number of halogens is 3. The van der Waals surface area contributed by atoms with E-state index in [9.17, 15) is 13.2 Å². The van der Waals surface area contributed by atoms with Crippen molar-refractivity contribution < 1.29 is 17.9 Å². The quantitative estimate of drug-likeness (QED) is 0.734. The SMILES string of the molecule is CCC(C)OCC(CN)C(F)(F)F. The molecule has 0 aromatic rings. The molecule has 5 heteroatoms. The van der Waals surface area contributed by atoms with Gasteiger partial charge in [-0.3, -0.25) is 0 Å². The average Bonchev–Trinajstić information content (AvgIpc) is 2.02. The van der Waals surface area contributed by atoms with Crippen LogP contribution < -0.4 is 5.73 Å². The highest BCUT2D eigenvalue weighted by Crippen LogP contribution is 2.25. The molecule has 2 unspecified atom stereocenters. The fourth-order valence-corrected chi connectivity index (χ4v) is 0.694. The maximum absolute atomic E-state index is 12.1. The Morgan fingerprint density at radius 2 is 1.92 bits per heavy atom. The summed E-state index contributed by atoms with van der Waals surface area (Å²) >= 11 is 0. The normalized spacial score (nSPS) is 17.1. The largest absolute Gasteiger partial charge is 0.395 e. The van der Waals surface area contributed by atoms with Crippen molar-refractivity contribution >= 4 is 0 Å². The molecule has 2 N–H and O–H groups in total. The van der Waals surface area contributed by atoms with Gasteiger partial charge in [-0.2, -0.15) is 13.2 Å². The Balaban J connectivity index is 3.86. The van der Waals surface area contributed by atoms with Crippen LogP contribution in [0.25, 0.3) is 0 Å². The Bertz CT molecular complexity index is 138. The molecule has 0 saturated heterocycles. The number of hydrogen-bond donors (Lipinski definition) is 1. The Morgan fingerprint density at radius 3 is 2.23 bits per heavy atom. The molecule has 0 fully saturated rings. The summed E-state index contributed by atoms with van der Waals surface area (Å²) in [6, 6.07) is 0. The third-order valence-electron chi connectivity index (χ3n) is 1.90. The van der Waals surface area contributed by atoms with E-state index in [0.29, 0.717) is 6.42 Å². The van der Waals surface area contributed by atoms with E-state index in [-0.39, 0.29) is 12.7 Å². The second-order valence-electron chi connectivity index (χ2n) is 3.03. The molecule has 0 aromatic heterocycles. The van der Waals surface area contributed by atoms with Crippen LogP contribution in [0.5, 0.6) is 0 Å². The molecule has 2 nitrogen and oxygen atoms in total. The Hall–Kier alpha value is -0.290. The van der Waals surface area contributed by atoms with Gasteiger partial charge in [-0.25, -0.2) is 0 Å². The van der Waals surface area contributed by atoms with E-state index >= 15 is 0 Å². The first-order valence-electron chi connectivity index (χ1n) is 4.30. The molecular weight excluding hydrogens is 183 g/mol. The second kappa shape index (κ2) is 5.44. The lowest BCUT2D eigenvalue weighted by atomic mass is 10.1. The van der Waals surface area contributed by atoms with Crippen LogP contribution in [0.15, 0.2) is 0 Å². The first kappa shape index (κ1) is 12.7. The molecule has 0 aromatic carbocycles. The Kier molecular flexibility index (Phi) is 5.32. The standard InChI is InChI=1S/C8H16F3NO/c1-3-6(2)13-5-7(4-12)8(9,10)11/h6-7H,3-5,12H2,1-2H3. The molecule has 0 heterocycles. The van der Waals surface area contributed by atoms with E-state index in [1.807, 2.05) is 6.92 Å². The molecule has 0 bridgehead atoms. The zero-order valence-electron chi connectivity index (χ0n) is 7.90. The fourth-order valence-electron chi connectivity index (χ4n) is 0.694. The number of ether oxygens (including phenoxy) is 1. The molecular formula is C8H16F3NO. The molecule has 0 aliphatic heterocycles. The van der Waals surface area contributed by atoms with Crippen molar-refractivity contribution in [3.8, 4) is 0 Å². The van der Waals surface area contributed by atoms with Crippen LogP contribution >= 0.6 is 0 Å². The van der Waals surface area contributed by atoms with E-state index in [1.165, 1.54) is 0 Å². The molecule has 0 saturated carbocycles. The minimum atomic E-state index is -4.25. The molecule has 0 rings (SSSR count). The average molecular weight is 199 g/mol. The van der Waals surface area contributed by atoms with E-state index in [1.54, 1.807) is 6.92 Å². The van der Waals surface area contributed by atoms with Crippen molar-refractivity contribution in [3.05, 3.63) is 0 Å². The van der Waals surface area contributed by atoms with Crippen molar-refractivity contribution in [1.29, 1.82) is 0 Å². The van der Waals surface area contributed by atoms with E-state index in [0.717, 1.165) is 0 Å². The smallest absolute Gasteiger partial charge is 0.378 e. The predicted octanol–water partition coefficient (Wildman–Crippen LogP) is 1.94. The van der Waals surface area contributed by atoms with Gasteiger partial charge in [0.15, 0.2) is 0 Å². The van der Waals surface area contributed by atoms with Crippen molar-refractivity contribution in [3.63, 3.8) is 0 Å². The summed E-state index contributed by atoms with van der Waals surface area (Å²) in [4.78, 5) is 0. The molecule has 0 aliphatic rings. The van der Waals surface area contributed by atoms with Gasteiger partial charge in [0, 0.05) is 6.54 Å².